The van der Waals surface area contributed by atoms with E-state index in [0.717, 1.165) is 25.9 Å². The number of hydrogen-bond acceptors (Lipinski definition) is 2. The van der Waals surface area contributed by atoms with E-state index in [1.165, 1.54) is 16.5 Å². The van der Waals surface area contributed by atoms with Gasteiger partial charge in [0.1, 0.15) is 0 Å². The van der Waals surface area contributed by atoms with Crippen molar-refractivity contribution in [2.24, 2.45) is 5.41 Å². The third-order valence-electron chi connectivity index (χ3n) is 3.78. The highest BCUT2D eigenvalue weighted by atomic mass is 16.3. The first-order valence-corrected chi connectivity index (χ1v) is 6.20. The van der Waals surface area contributed by atoms with Crippen molar-refractivity contribution in [3.63, 3.8) is 0 Å². The smallest absolute Gasteiger partial charge is 0.0499 e. The van der Waals surface area contributed by atoms with Crippen LogP contribution in [0.3, 0.4) is 0 Å². The minimum absolute atomic E-state index is 0.184. The average molecular weight is 230 g/mol. The fourth-order valence-corrected chi connectivity index (χ4v) is 2.33. The number of nitrogens with one attached hydrogen (secondary N) is 2. The van der Waals surface area contributed by atoms with Gasteiger partial charge in [-0.1, -0.05) is 18.2 Å². The Morgan fingerprint density at radius 3 is 2.94 bits per heavy atom. The molecule has 3 N–H and O–H groups in total. The zero-order valence-corrected chi connectivity index (χ0v) is 9.87. The van der Waals surface area contributed by atoms with Gasteiger partial charge in [0, 0.05) is 36.8 Å². The Kier molecular flexibility index (Phi) is 2.65. The number of aromatic nitrogens is 1. The molecule has 0 unspecified atom stereocenters. The Bertz CT molecular complexity index is 514. The third-order valence-corrected chi connectivity index (χ3v) is 3.78. The molecule has 2 aromatic rings. The molecule has 0 bridgehead atoms. The molecule has 1 aromatic carbocycles. The van der Waals surface area contributed by atoms with Crippen LogP contribution in [0.4, 0.5) is 0 Å². The molecule has 17 heavy (non-hydrogen) atoms. The molecule has 3 heteroatoms. The van der Waals surface area contributed by atoms with Gasteiger partial charge in [-0.15, -0.1) is 0 Å². The number of aromatic amines is 1. The molecule has 0 spiro atoms. The van der Waals surface area contributed by atoms with Crippen molar-refractivity contribution in [1.82, 2.24) is 10.3 Å². The highest BCUT2D eigenvalue weighted by Crippen LogP contribution is 2.44. The van der Waals surface area contributed by atoms with E-state index in [1.807, 2.05) is 6.20 Å². The minimum atomic E-state index is 0.184. The highest BCUT2D eigenvalue weighted by molar-refractivity contribution is 5.82. The van der Waals surface area contributed by atoms with Crippen LogP contribution in [0.15, 0.2) is 30.5 Å². The summed E-state index contributed by atoms with van der Waals surface area (Å²) in [5.74, 6) is 0. The number of para-hydroxylation sites is 1. The van der Waals surface area contributed by atoms with Gasteiger partial charge in [0.05, 0.1) is 0 Å². The Morgan fingerprint density at radius 1 is 1.29 bits per heavy atom. The quantitative estimate of drug-likeness (QED) is 0.736. The van der Waals surface area contributed by atoms with Crippen molar-refractivity contribution in [3.8, 4) is 0 Å². The minimum Gasteiger partial charge on any atom is -0.396 e. The van der Waals surface area contributed by atoms with E-state index in [-0.39, 0.29) is 5.41 Å². The molecule has 0 radical (unpaired) electrons. The van der Waals surface area contributed by atoms with E-state index in [2.05, 4.69) is 34.6 Å². The van der Waals surface area contributed by atoms with E-state index >= 15 is 0 Å². The summed E-state index contributed by atoms with van der Waals surface area (Å²) >= 11 is 0. The number of rotatable bonds is 5. The first-order valence-electron chi connectivity index (χ1n) is 6.20. The van der Waals surface area contributed by atoms with Crippen LogP contribution in [0.25, 0.3) is 10.9 Å². The maximum Gasteiger partial charge on any atom is 0.0499 e. The van der Waals surface area contributed by atoms with Crippen LogP contribution in [0.2, 0.25) is 0 Å². The lowest BCUT2D eigenvalue weighted by Gasteiger charge is -2.13. The average Bonchev–Trinajstić information content (AvgIpc) is 2.97. The lowest BCUT2D eigenvalue weighted by atomic mass is 10.1. The van der Waals surface area contributed by atoms with Crippen molar-refractivity contribution in [2.75, 3.05) is 13.2 Å². The highest BCUT2D eigenvalue weighted by Gasteiger charge is 2.41. The summed E-state index contributed by atoms with van der Waals surface area (Å²) < 4.78 is 0. The third kappa shape index (κ3) is 2.08. The van der Waals surface area contributed by atoms with E-state index in [1.54, 1.807) is 0 Å². The molecule has 0 saturated heterocycles. The van der Waals surface area contributed by atoms with Crippen molar-refractivity contribution in [1.29, 1.82) is 0 Å². The monoisotopic (exact) mass is 230 g/mol. The SMILES string of the molecule is OCC1(CNCc2cccc3cc[nH]c23)CC1. The normalized spacial score (nSPS) is 17.5. The van der Waals surface area contributed by atoms with Crippen LogP contribution in [-0.4, -0.2) is 23.2 Å². The lowest BCUT2D eigenvalue weighted by molar-refractivity contribution is 0.207. The fraction of sp³-hybridized carbons (Fsp3) is 0.429. The van der Waals surface area contributed by atoms with Gasteiger partial charge in [-0.2, -0.15) is 0 Å². The van der Waals surface area contributed by atoms with Crippen molar-refractivity contribution >= 4 is 10.9 Å². The van der Waals surface area contributed by atoms with Crippen molar-refractivity contribution < 1.29 is 5.11 Å². The Hall–Kier alpha value is -1.32. The van der Waals surface area contributed by atoms with Crippen LogP contribution < -0.4 is 5.32 Å². The molecule has 1 aliphatic carbocycles. The zero-order chi connectivity index (χ0) is 11.7. The molecule has 1 aromatic heterocycles. The molecule has 3 nitrogen and oxygen atoms in total. The maximum absolute atomic E-state index is 9.25. The number of fused-ring (bicyclic) bond motifs is 1. The first kappa shape index (κ1) is 10.8. The molecular formula is C14H18N2O. The Morgan fingerprint density at radius 2 is 2.18 bits per heavy atom. The number of benzene rings is 1. The largest absolute Gasteiger partial charge is 0.396 e. The van der Waals surface area contributed by atoms with Gasteiger partial charge in [0.25, 0.3) is 0 Å². The van der Waals surface area contributed by atoms with Gasteiger partial charge in [-0.05, 0) is 29.9 Å². The van der Waals surface area contributed by atoms with Crippen molar-refractivity contribution in [3.05, 3.63) is 36.0 Å². The van der Waals surface area contributed by atoms with Crippen LogP contribution in [0.5, 0.6) is 0 Å². The predicted octanol–water partition coefficient (Wildman–Crippen LogP) is 2.03. The molecular weight excluding hydrogens is 212 g/mol. The summed E-state index contributed by atoms with van der Waals surface area (Å²) in [7, 11) is 0. The van der Waals surface area contributed by atoms with Gasteiger partial charge in [-0.25, -0.2) is 0 Å². The summed E-state index contributed by atoms with van der Waals surface area (Å²) in [5, 5.41) is 14.0. The number of hydrogen-bond donors (Lipinski definition) is 3. The number of aliphatic hydroxyl groups excluding tert-OH is 1. The summed E-state index contributed by atoms with van der Waals surface area (Å²) in [6.45, 7) is 2.09. The molecule has 1 heterocycles. The Balaban J connectivity index is 1.66. The van der Waals surface area contributed by atoms with Crippen molar-refractivity contribution in [2.45, 2.75) is 19.4 Å². The van der Waals surface area contributed by atoms with Gasteiger partial charge in [0.2, 0.25) is 0 Å². The predicted molar refractivity (Wildman–Crippen MR) is 68.8 cm³/mol. The molecule has 3 rings (SSSR count). The van der Waals surface area contributed by atoms with Crippen LogP contribution in [-0.2, 0) is 6.54 Å². The molecule has 1 aliphatic rings. The van der Waals surface area contributed by atoms with Gasteiger partial charge < -0.3 is 15.4 Å². The zero-order valence-electron chi connectivity index (χ0n) is 9.87. The van der Waals surface area contributed by atoms with E-state index in [0.29, 0.717) is 6.61 Å². The van der Waals surface area contributed by atoms with E-state index in [9.17, 15) is 5.11 Å². The molecule has 1 saturated carbocycles. The topological polar surface area (TPSA) is 48.0 Å². The second-order valence-electron chi connectivity index (χ2n) is 5.12. The van der Waals surface area contributed by atoms with Crippen LogP contribution in [0.1, 0.15) is 18.4 Å². The summed E-state index contributed by atoms with van der Waals surface area (Å²) in [6.07, 6.45) is 4.29. The van der Waals surface area contributed by atoms with Crippen LogP contribution >= 0.6 is 0 Å². The summed E-state index contributed by atoms with van der Waals surface area (Å²) in [5.41, 5.74) is 2.69. The Labute approximate surface area is 101 Å². The first-order chi connectivity index (χ1) is 8.33. The van der Waals surface area contributed by atoms with Gasteiger partial charge in [0.15, 0.2) is 0 Å². The molecule has 90 valence electrons. The van der Waals surface area contributed by atoms with E-state index in [4.69, 9.17) is 0 Å². The second-order valence-corrected chi connectivity index (χ2v) is 5.12. The summed E-state index contributed by atoms with van der Waals surface area (Å²) in [6, 6.07) is 8.44. The van der Waals surface area contributed by atoms with Gasteiger partial charge >= 0.3 is 0 Å². The van der Waals surface area contributed by atoms with E-state index < -0.39 is 0 Å². The number of aliphatic hydroxyl groups is 1. The standard InChI is InChI=1S/C14H18N2O/c17-10-14(5-6-14)9-15-8-12-3-1-2-11-4-7-16-13(11)12/h1-4,7,15-17H,5-6,8-10H2. The molecule has 0 amide bonds. The molecule has 0 atom stereocenters. The maximum atomic E-state index is 9.25. The van der Waals surface area contributed by atoms with Gasteiger partial charge in [-0.3, -0.25) is 0 Å². The summed E-state index contributed by atoms with van der Waals surface area (Å²) in [4.78, 5) is 3.28. The second kappa shape index (κ2) is 4.17. The molecule has 0 aliphatic heterocycles. The fourth-order valence-electron chi connectivity index (χ4n) is 2.33. The lowest BCUT2D eigenvalue weighted by Crippen LogP contribution is -2.26. The number of H-pyrrole nitrogens is 1. The van der Waals surface area contributed by atoms with Crippen LogP contribution in [0, 0.1) is 5.41 Å². The molecule has 1 fully saturated rings.